The molecule has 0 amide bonds. The van der Waals surface area contributed by atoms with Crippen LogP contribution in [-0.2, 0) is 19.5 Å². The van der Waals surface area contributed by atoms with Gasteiger partial charge < -0.3 is 37.7 Å². The summed E-state index contributed by atoms with van der Waals surface area (Å²) < 4.78 is 0. The van der Waals surface area contributed by atoms with E-state index in [0.29, 0.717) is 0 Å². The molecule has 0 aliphatic rings. The van der Waals surface area contributed by atoms with Crippen LogP contribution >= 0.6 is 0 Å². The maximum atomic E-state index is 3.72. The van der Waals surface area contributed by atoms with Crippen LogP contribution in [0.5, 0.6) is 0 Å². The summed E-state index contributed by atoms with van der Waals surface area (Å²) in [6.07, 6.45) is 7.00. The third kappa shape index (κ3) is 47.0. The minimum Gasteiger partial charge on any atom is -0.670 e. The van der Waals surface area contributed by atoms with Gasteiger partial charge in [0, 0.05) is 0 Å². The Bertz CT molecular complexity index is 154. The molecule has 0 N–H and O–H groups in total. The van der Waals surface area contributed by atoms with E-state index in [1.807, 2.05) is 24.3 Å². The first kappa shape index (κ1) is 30.9. The van der Waals surface area contributed by atoms with Crippen LogP contribution in [0.15, 0.2) is 49.1 Å². The fourth-order valence-corrected chi connectivity index (χ4v) is 0.497. The number of rotatable bonds is 0. The molecule has 2 aromatic rings. The Balaban J connectivity index is -0.0000000443. The summed E-state index contributed by atoms with van der Waals surface area (Å²) in [6.45, 7) is 20.0. The molecule has 0 atom stereocenters. The topological polar surface area (TPSA) is 28.2 Å². The Kier molecular flexibility index (Phi) is 86.8. The Morgan fingerprint density at radius 2 is 0.632 bits per heavy atom. The number of hydrogen-bond acceptors (Lipinski definition) is 0. The van der Waals surface area contributed by atoms with E-state index in [1.165, 1.54) is 0 Å². The van der Waals surface area contributed by atoms with Crippen LogP contribution in [0.4, 0.5) is 0 Å². The van der Waals surface area contributed by atoms with Gasteiger partial charge in [-0.3, -0.25) is 0 Å². The molecule has 3 heteroatoms. The first-order valence-electron chi connectivity index (χ1n) is 5.86. The molecule has 0 saturated carbocycles. The van der Waals surface area contributed by atoms with Gasteiger partial charge in [0.05, 0.1) is 0 Å². The van der Waals surface area contributed by atoms with E-state index in [9.17, 15) is 0 Å². The van der Waals surface area contributed by atoms with Crippen molar-refractivity contribution in [3.05, 3.63) is 76.7 Å². The van der Waals surface area contributed by atoms with E-state index < -0.39 is 0 Å². The van der Waals surface area contributed by atoms with Crippen molar-refractivity contribution in [3.8, 4) is 0 Å². The monoisotopic (exact) mass is 350 g/mol. The second-order valence-electron chi connectivity index (χ2n) is 1.66. The van der Waals surface area contributed by atoms with Crippen molar-refractivity contribution >= 4 is 0 Å². The van der Waals surface area contributed by atoms with E-state index in [4.69, 9.17) is 0 Å². The summed E-state index contributed by atoms with van der Waals surface area (Å²) in [5.74, 6) is 0. The summed E-state index contributed by atoms with van der Waals surface area (Å²) in [7, 11) is 0. The summed E-state index contributed by atoms with van der Waals surface area (Å²) in [5.41, 5.74) is 0. The third-order valence-corrected chi connectivity index (χ3v) is 0.911. The Labute approximate surface area is 134 Å². The average Bonchev–Trinajstić information content (AvgIpc) is 3.25. The minimum absolute atomic E-state index is 0. The fourth-order valence-electron chi connectivity index (χ4n) is 0.497. The van der Waals surface area contributed by atoms with Gasteiger partial charge in [-0.2, -0.15) is 52.5 Å². The smallest absolute Gasteiger partial charge is 0.670 e. The SMILES string of the molecule is [CH2-]C.[CH2-]C.[CH2-]C.[CH2-]C.[Ru+6].c1cc[n-]c1.c1cc[n-]c1. The molecular formula is C16H28N2Ru. The molecule has 0 aliphatic carbocycles. The van der Waals surface area contributed by atoms with Crippen LogP contribution in [0.1, 0.15) is 27.7 Å². The first-order chi connectivity index (χ1) is 9.00. The molecule has 0 spiro atoms. The first-order valence-corrected chi connectivity index (χ1v) is 5.86. The van der Waals surface area contributed by atoms with Crippen molar-refractivity contribution in [2.45, 2.75) is 27.7 Å². The molecule has 0 aliphatic heterocycles. The van der Waals surface area contributed by atoms with Crippen molar-refractivity contribution in [1.82, 2.24) is 9.97 Å². The molecule has 0 bridgehead atoms. The van der Waals surface area contributed by atoms with E-state index in [-0.39, 0.29) is 19.5 Å². The van der Waals surface area contributed by atoms with Gasteiger partial charge in [-0.25, -0.2) is 0 Å². The molecule has 0 unspecified atom stereocenters. The molecule has 0 aromatic carbocycles. The standard InChI is InChI=1S/2C4H4N.4C2H5.Ru/c2*1-2-4-5-3-1;4*1-2;/h2*1-4H;4*1H2,2H3;/q6*-1;+6. The van der Waals surface area contributed by atoms with E-state index in [0.717, 1.165) is 0 Å². The van der Waals surface area contributed by atoms with Crippen molar-refractivity contribution in [2.24, 2.45) is 0 Å². The predicted molar refractivity (Wildman–Crippen MR) is 83.6 cm³/mol. The van der Waals surface area contributed by atoms with Crippen molar-refractivity contribution in [1.29, 1.82) is 0 Å². The predicted octanol–water partition coefficient (Wildman–Crippen LogP) is 4.65. The maximum Gasteiger partial charge on any atom is 6.00 e. The van der Waals surface area contributed by atoms with Gasteiger partial charge in [0.25, 0.3) is 0 Å². The van der Waals surface area contributed by atoms with Crippen LogP contribution in [0, 0.1) is 27.7 Å². The van der Waals surface area contributed by atoms with Crippen LogP contribution in [0.25, 0.3) is 0 Å². The molecule has 110 valence electrons. The zero-order valence-corrected chi connectivity index (χ0v) is 14.4. The quantitative estimate of drug-likeness (QED) is 0.512. The summed E-state index contributed by atoms with van der Waals surface area (Å²) in [5, 5.41) is 0. The van der Waals surface area contributed by atoms with E-state index >= 15 is 0 Å². The number of aromatic nitrogens is 2. The van der Waals surface area contributed by atoms with Crippen molar-refractivity contribution in [3.63, 3.8) is 0 Å². The molecular weight excluding hydrogens is 321 g/mol. The molecule has 2 rings (SSSR count). The Morgan fingerprint density at radius 1 is 0.474 bits per heavy atom. The van der Waals surface area contributed by atoms with Gasteiger partial charge in [0.15, 0.2) is 0 Å². The summed E-state index contributed by atoms with van der Waals surface area (Å²) >= 11 is 0. The number of nitrogens with zero attached hydrogens (tertiary/aromatic N) is 2. The molecule has 2 aromatic heterocycles. The van der Waals surface area contributed by atoms with Crippen LogP contribution in [0.2, 0.25) is 0 Å². The van der Waals surface area contributed by atoms with E-state index in [2.05, 4.69) is 37.7 Å². The minimum atomic E-state index is 0. The molecule has 0 radical (unpaired) electrons. The van der Waals surface area contributed by atoms with Gasteiger partial charge in [0.2, 0.25) is 0 Å². The molecule has 0 saturated heterocycles. The van der Waals surface area contributed by atoms with Gasteiger partial charge in [-0.1, -0.05) is 24.3 Å². The normalized spacial score (nSPS) is 5.47. The largest absolute Gasteiger partial charge is 6.00 e. The second-order valence-corrected chi connectivity index (χ2v) is 1.66. The second kappa shape index (κ2) is 53.4. The van der Waals surface area contributed by atoms with Crippen LogP contribution < -0.4 is 9.97 Å². The summed E-state index contributed by atoms with van der Waals surface area (Å²) in [6, 6.07) is 7.56. The van der Waals surface area contributed by atoms with Crippen molar-refractivity contribution in [2.75, 3.05) is 0 Å². The third-order valence-electron chi connectivity index (χ3n) is 0.911. The zero-order valence-electron chi connectivity index (χ0n) is 12.7. The zero-order chi connectivity index (χ0) is 15.1. The average molecular weight is 349 g/mol. The maximum absolute atomic E-state index is 3.72. The Morgan fingerprint density at radius 3 is 0.684 bits per heavy atom. The Hall–Kier alpha value is -0.817. The van der Waals surface area contributed by atoms with Gasteiger partial charge >= 0.3 is 19.5 Å². The number of hydrogen-bond donors (Lipinski definition) is 0. The van der Waals surface area contributed by atoms with Gasteiger partial charge in [0.1, 0.15) is 0 Å². The van der Waals surface area contributed by atoms with E-state index in [1.54, 1.807) is 52.5 Å². The van der Waals surface area contributed by atoms with Crippen molar-refractivity contribution < 1.29 is 19.5 Å². The molecule has 0 fully saturated rings. The van der Waals surface area contributed by atoms with Gasteiger partial charge in [-0.05, 0) is 0 Å². The fraction of sp³-hybridized carbons (Fsp3) is 0.250. The molecule has 2 nitrogen and oxygen atoms in total. The van der Waals surface area contributed by atoms with Crippen LogP contribution in [-0.4, -0.2) is 0 Å². The molecule has 19 heavy (non-hydrogen) atoms. The van der Waals surface area contributed by atoms with Crippen LogP contribution in [0.3, 0.4) is 0 Å². The molecule has 2 heterocycles. The van der Waals surface area contributed by atoms with Gasteiger partial charge in [-0.15, -0.1) is 0 Å². The summed E-state index contributed by atoms with van der Waals surface area (Å²) in [4.78, 5) is 7.44.